The third-order valence-corrected chi connectivity index (χ3v) is 12.9. The Morgan fingerprint density at radius 2 is 0.985 bits per heavy atom. The zero-order valence-corrected chi connectivity index (χ0v) is 43.3. The predicted octanol–water partition coefficient (Wildman–Crippen LogP) is 12.1. The predicted molar refractivity (Wildman–Crippen MR) is 278 cm³/mol. The molecule has 1 rings (SSSR count). The molecule has 7 atom stereocenters. The minimum atomic E-state index is -1.57. The molecule has 0 spiro atoms. The molecular weight excluding hydrogens is 859 g/mol. The van der Waals surface area contributed by atoms with Crippen molar-refractivity contribution in [1.29, 1.82) is 0 Å². The number of hydrogen-bond acceptors (Lipinski definition) is 10. The van der Waals surface area contributed by atoms with E-state index < -0.39 is 49.5 Å². The standard InChI is InChI=1S/C57H103NO10/c1-3-5-7-9-11-13-14-25-29-33-37-41-45-53(62)66-46-42-38-34-30-26-23-21-19-17-15-16-18-20-22-24-28-32-36-40-44-52(61)58-49(50(60)43-39-35-31-27-12-10-8-6-4-2)48-67-57-56(65)55(64)54(63)51(47-59)68-57/h11,13,19,21,23,26,39,43,49-51,54-57,59-60,63-65H,3-10,12,14-18,20,22,24-25,27-38,40-42,44-48H2,1-2H3,(H,58,61)/b13-11-,21-19-,26-23-,43-39+. The first-order chi connectivity index (χ1) is 33.2. The number of carbonyl (C=O) groups excluding carboxylic acids is 2. The lowest BCUT2D eigenvalue weighted by Crippen LogP contribution is -2.60. The molecule has 1 saturated heterocycles. The van der Waals surface area contributed by atoms with Crippen LogP contribution >= 0.6 is 0 Å². The first-order valence-corrected chi connectivity index (χ1v) is 27.9. The molecule has 0 bridgehead atoms. The van der Waals surface area contributed by atoms with Crippen LogP contribution in [0.3, 0.4) is 0 Å². The third-order valence-electron chi connectivity index (χ3n) is 12.9. The van der Waals surface area contributed by atoms with Crippen molar-refractivity contribution in [2.24, 2.45) is 0 Å². The Balaban J connectivity index is 2.09. The van der Waals surface area contributed by atoms with Gasteiger partial charge in [0.1, 0.15) is 24.4 Å². The average Bonchev–Trinajstić information content (AvgIpc) is 3.33. The molecule has 11 heteroatoms. The molecule has 1 amide bonds. The van der Waals surface area contributed by atoms with Gasteiger partial charge in [0.05, 0.1) is 32.0 Å². The van der Waals surface area contributed by atoms with Gasteiger partial charge in [-0.2, -0.15) is 0 Å². The first kappa shape index (κ1) is 63.6. The number of aliphatic hydroxyl groups excluding tert-OH is 5. The van der Waals surface area contributed by atoms with Gasteiger partial charge in [0, 0.05) is 12.8 Å². The van der Waals surface area contributed by atoms with Crippen LogP contribution < -0.4 is 5.32 Å². The Bertz CT molecular complexity index is 1270. The molecule has 0 aromatic rings. The second kappa shape index (κ2) is 47.0. The SMILES string of the molecule is CCCCC/C=C\CCCCCCCC(=O)OCCCCC/C=C\C=C/CCCCCCCCCCCCC(=O)NC(COC1OC(CO)C(O)C(O)C1O)C(O)/C=C/CCCCCCCCC. The number of rotatable bonds is 47. The number of amides is 1. The molecule has 11 nitrogen and oxygen atoms in total. The van der Waals surface area contributed by atoms with Crippen LogP contribution in [-0.2, 0) is 23.8 Å². The van der Waals surface area contributed by atoms with E-state index in [0.29, 0.717) is 19.4 Å². The van der Waals surface area contributed by atoms with Crippen LogP contribution in [0, 0.1) is 0 Å². The van der Waals surface area contributed by atoms with E-state index in [2.05, 4.69) is 55.6 Å². The summed E-state index contributed by atoms with van der Waals surface area (Å²) in [6.07, 6.45) is 47.8. The van der Waals surface area contributed by atoms with Gasteiger partial charge in [-0.25, -0.2) is 0 Å². The highest BCUT2D eigenvalue weighted by atomic mass is 16.7. The van der Waals surface area contributed by atoms with Gasteiger partial charge in [0.25, 0.3) is 0 Å². The van der Waals surface area contributed by atoms with E-state index in [4.69, 9.17) is 14.2 Å². The Morgan fingerprint density at radius 3 is 1.53 bits per heavy atom. The summed E-state index contributed by atoms with van der Waals surface area (Å²) in [5, 5.41) is 54.1. The lowest BCUT2D eigenvalue weighted by atomic mass is 9.99. The van der Waals surface area contributed by atoms with Crippen LogP contribution in [0.4, 0.5) is 0 Å². The summed E-state index contributed by atoms with van der Waals surface area (Å²) in [6, 6.07) is -0.817. The maximum atomic E-state index is 13.0. The van der Waals surface area contributed by atoms with Crippen molar-refractivity contribution in [2.75, 3.05) is 19.8 Å². The van der Waals surface area contributed by atoms with Gasteiger partial charge in [0.2, 0.25) is 5.91 Å². The molecule has 1 fully saturated rings. The van der Waals surface area contributed by atoms with E-state index in [0.717, 1.165) is 89.9 Å². The van der Waals surface area contributed by atoms with Gasteiger partial charge < -0.3 is 45.1 Å². The Morgan fingerprint density at radius 1 is 0.544 bits per heavy atom. The van der Waals surface area contributed by atoms with Gasteiger partial charge >= 0.3 is 5.97 Å². The fourth-order valence-electron chi connectivity index (χ4n) is 8.42. The first-order valence-electron chi connectivity index (χ1n) is 27.9. The van der Waals surface area contributed by atoms with Crippen molar-refractivity contribution in [1.82, 2.24) is 5.32 Å². The Hall–Kier alpha value is -2.38. The van der Waals surface area contributed by atoms with Crippen LogP contribution in [0.25, 0.3) is 0 Å². The molecular formula is C57H103NO10. The summed E-state index contributed by atoms with van der Waals surface area (Å²) >= 11 is 0. The van der Waals surface area contributed by atoms with Crippen molar-refractivity contribution in [3.05, 3.63) is 48.6 Å². The highest BCUT2D eigenvalue weighted by molar-refractivity contribution is 5.76. The highest BCUT2D eigenvalue weighted by Crippen LogP contribution is 2.23. The number of allylic oxidation sites excluding steroid dienone is 7. The van der Waals surface area contributed by atoms with Crippen molar-refractivity contribution in [3.63, 3.8) is 0 Å². The molecule has 7 unspecified atom stereocenters. The summed E-state index contributed by atoms with van der Waals surface area (Å²) in [6.45, 7) is 4.22. The van der Waals surface area contributed by atoms with E-state index in [1.165, 1.54) is 122 Å². The molecule has 6 N–H and O–H groups in total. The van der Waals surface area contributed by atoms with Crippen molar-refractivity contribution in [3.8, 4) is 0 Å². The molecule has 1 aliphatic rings. The Labute approximate surface area is 415 Å². The normalized spacial score (nSPS) is 19.8. The number of carbonyl (C=O) groups is 2. The smallest absolute Gasteiger partial charge is 0.305 e. The lowest BCUT2D eigenvalue weighted by molar-refractivity contribution is -0.302. The number of unbranched alkanes of at least 4 members (excludes halogenated alkanes) is 28. The van der Waals surface area contributed by atoms with Gasteiger partial charge in [0.15, 0.2) is 6.29 Å². The fourth-order valence-corrected chi connectivity index (χ4v) is 8.42. The second-order valence-electron chi connectivity index (χ2n) is 19.3. The Kier molecular flexibility index (Phi) is 44.0. The monoisotopic (exact) mass is 962 g/mol. The van der Waals surface area contributed by atoms with Gasteiger partial charge in [-0.1, -0.05) is 184 Å². The maximum absolute atomic E-state index is 13.0. The molecule has 0 aromatic carbocycles. The van der Waals surface area contributed by atoms with Crippen LogP contribution in [0.1, 0.15) is 239 Å². The summed E-state index contributed by atoms with van der Waals surface area (Å²) < 4.78 is 16.6. The molecule has 396 valence electrons. The fraction of sp³-hybridized carbons (Fsp3) is 0.825. The van der Waals surface area contributed by atoms with Crippen LogP contribution in [0.2, 0.25) is 0 Å². The second-order valence-corrected chi connectivity index (χ2v) is 19.3. The zero-order valence-electron chi connectivity index (χ0n) is 43.3. The molecule has 0 radical (unpaired) electrons. The van der Waals surface area contributed by atoms with E-state index in [9.17, 15) is 35.1 Å². The van der Waals surface area contributed by atoms with E-state index in [1.54, 1.807) is 6.08 Å². The topological polar surface area (TPSA) is 175 Å². The minimum Gasteiger partial charge on any atom is -0.466 e. The molecule has 0 saturated carbocycles. The van der Waals surface area contributed by atoms with Crippen molar-refractivity contribution >= 4 is 11.9 Å². The van der Waals surface area contributed by atoms with Crippen molar-refractivity contribution < 1.29 is 49.3 Å². The lowest BCUT2D eigenvalue weighted by Gasteiger charge is -2.40. The molecule has 1 heterocycles. The highest BCUT2D eigenvalue weighted by Gasteiger charge is 2.44. The third kappa shape index (κ3) is 36.5. The summed E-state index contributed by atoms with van der Waals surface area (Å²) in [4.78, 5) is 25.0. The molecule has 0 aromatic heterocycles. The number of hydrogen-bond donors (Lipinski definition) is 6. The van der Waals surface area contributed by atoms with Crippen molar-refractivity contribution in [2.45, 2.75) is 281 Å². The van der Waals surface area contributed by atoms with Gasteiger partial charge in [-0.15, -0.1) is 0 Å². The average molecular weight is 962 g/mol. The molecule has 1 aliphatic heterocycles. The van der Waals surface area contributed by atoms with Crippen LogP contribution in [0.5, 0.6) is 0 Å². The number of esters is 1. The zero-order chi connectivity index (χ0) is 49.6. The minimum absolute atomic E-state index is 0.0392. The van der Waals surface area contributed by atoms with Crippen LogP contribution in [0.15, 0.2) is 48.6 Å². The number of aliphatic hydroxyl groups is 5. The van der Waals surface area contributed by atoms with E-state index in [1.807, 2.05) is 6.08 Å². The van der Waals surface area contributed by atoms with Gasteiger partial charge in [-0.3, -0.25) is 9.59 Å². The van der Waals surface area contributed by atoms with E-state index in [-0.39, 0.29) is 18.5 Å². The largest absolute Gasteiger partial charge is 0.466 e. The summed E-state index contributed by atoms with van der Waals surface area (Å²) in [7, 11) is 0. The number of nitrogens with one attached hydrogen (secondary N) is 1. The molecule has 0 aliphatic carbocycles. The van der Waals surface area contributed by atoms with Gasteiger partial charge in [-0.05, 0) is 89.9 Å². The molecule has 68 heavy (non-hydrogen) atoms. The summed E-state index contributed by atoms with van der Waals surface area (Å²) in [5.41, 5.74) is 0. The summed E-state index contributed by atoms with van der Waals surface area (Å²) in [5.74, 6) is -0.234. The maximum Gasteiger partial charge on any atom is 0.305 e. The van der Waals surface area contributed by atoms with Crippen LogP contribution in [-0.4, -0.2) is 100 Å². The van der Waals surface area contributed by atoms with E-state index >= 15 is 0 Å². The number of ether oxygens (including phenoxy) is 3. The quantitative estimate of drug-likeness (QED) is 0.0149.